The fraction of sp³-hybridized carbons (Fsp3) is 0.429. The van der Waals surface area contributed by atoms with E-state index in [9.17, 15) is 4.79 Å². The van der Waals surface area contributed by atoms with Crippen LogP contribution < -0.4 is 4.74 Å². The number of ether oxygens (including phenoxy) is 1. The quantitative estimate of drug-likeness (QED) is 0.800. The fourth-order valence-corrected chi connectivity index (χ4v) is 2.22. The van der Waals surface area contributed by atoms with Gasteiger partial charge >= 0.3 is 5.97 Å². The molecule has 0 aliphatic rings. The van der Waals surface area contributed by atoms with Crippen LogP contribution in [0.4, 0.5) is 0 Å². The zero-order valence-corrected chi connectivity index (χ0v) is 11.4. The minimum atomic E-state index is -0.809. The van der Waals surface area contributed by atoms with Gasteiger partial charge in [-0.2, -0.15) is 0 Å². The second-order valence-electron chi connectivity index (χ2n) is 4.51. The summed E-state index contributed by atoms with van der Waals surface area (Å²) >= 11 is 0. The Balaban J connectivity index is 2.31. The number of nitrogens with zero attached hydrogens (tertiary/aromatic N) is 2. The summed E-state index contributed by atoms with van der Waals surface area (Å²) in [6, 6.07) is 5.58. The Morgan fingerprint density at radius 3 is 2.90 bits per heavy atom. The number of aryl methyl sites for hydroxylation is 1. The standard InChI is InChI=1S/C14H18N2O4/c1-20-10-5-6-12-11(9-10)15-13(16(12)7-8-17)3-2-4-14(18)19/h5-6,9,17H,2-4,7-8H2,1H3,(H,18,19). The molecule has 0 radical (unpaired) electrons. The number of fused-ring (bicyclic) bond motifs is 1. The number of carbonyl (C=O) groups is 1. The van der Waals surface area contributed by atoms with Crippen molar-refractivity contribution < 1.29 is 19.7 Å². The van der Waals surface area contributed by atoms with Crippen LogP contribution in [0.1, 0.15) is 18.7 Å². The van der Waals surface area contributed by atoms with Gasteiger partial charge in [-0.05, 0) is 18.6 Å². The third-order valence-corrected chi connectivity index (χ3v) is 3.15. The van der Waals surface area contributed by atoms with E-state index in [0.29, 0.717) is 19.4 Å². The largest absolute Gasteiger partial charge is 0.497 e. The molecule has 0 aliphatic carbocycles. The summed E-state index contributed by atoms with van der Waals surface area (Å²) in [5.74, 6) is 0.711. The van der Waals surface area contributed by atoms with E-state index in [1.54, 1.807) is 7.11 Å². The molecule has 6 heteroatoms. The van der Waals surface area contributed by atoms with E-state index >= 15 is 0 Å². The van der Waals surface area contributed by atoms with Gasteiger partial charge in [0.15, 0.2) is 0 Å². The zero-order valence-electron chi connectivity index (χ0n) is 11.4. The molecular formula is C14H18N2O4. The Morgan fingerprint density at radius 1 is 1.45 bits per heavy atom. The van der Waals surface area contributed by atoms with Crippen LogP contribution >= 0.6 is 0 Å². The minimum absolute atomic E-state index is 0.0173. The molecule has 6 nitrogen and oxygen atoms in total. The number of carboxylic acids is 1. The van der Waals surface area contributed by atoms with Crippen molar-refractivity contribution in [1.29, 1.82) is 0 Å². The first kappa shape index (κ1) is 14.3. The van der Waals surface area contributed by atoms with Crippen LogP contribution in [-0.4, -0.2) is 39.5 Å². The third-order valence-electron chi connectivity index (χ3n) is 3.15. The molecule has 1 aromatic heterocycles. The van der Waals surface area contributed by atoms with E-state index in [1.807, 2.05) is 22.8 Å². The number of hydrogen-bond acceptors (Lipinski definition) is 4. The van der Waals surface area contributed by atoms with Crippen LogP contribution in [0, 0.1) is 0 Å². The molecule has 0 spiro atoms. The lowest BCUT2D eigenvalue weighted by Crippen LogP contribution is -2.07. The monoisotopic (exact) mass is 278 g/mol. The third kappa shape index (κ3) is 3.08. The highest BCUT2D eigenvalue weighted by atomic mass is 16.5. The summed E-state index contributed by atoms with van der Waals surface area (Å²) in [6.07, 6.45) is 1.22. The van der Waals surface area contributed by atoms with E-state index in [-0.39, 0.29) is 13.0 Å². The highest BCUT2D eigenvalue weighted by Gasteiger charge is 2.11. The topological polar surface area (TPSA) is 84.6 Å². The summed E-state index contributed by atoms with van der Waals surface area (Å²) in [5.41, 5.74) is 1.72. The van der Waals surface area contributed by atoms with E-state index in [2.05, 4.69) is 4.98 Å². The number of carboxylic acid groups (broad SMARTS) is 1. The molecule has 0 fully saturated rings. The SMILES string of the molecule is COc1ccc2c(c1)nc(CCCC(=O)O)n2CCO. The average Bonchev–Trinajstić information content (AvgIpc) is 2.76. The van der Waals surface area contributed by atoms with Crippen molar-refractivity contribution in [3.8, 4) is 5.75 Å². The van der Waals surface area contributed by atoms with Gasteiger partial charge in [0.1, 0.15) is 11.6 Å². The summed E-state index contributed by atoms with van der Waals surface area (Å²) < 4.78 is 7.09. The number of aliphatic hydroxyl groups is 1. The molecule has 1 aromatic carbocycles. The molecule has 0 saturated carbocycles. The molecule has 2 N–H and O–H groups in total. The van der Waals surface area contributed by atoms with Crippen molar-refractivity contribution in [1.82, 2.24) is 9.55 Å². The Bertz CT molecular complexity index is 606. The van der Waals surface area contributed by atoms with Gasteiger partial charge in [-0.15, -0.1) is 0 Å². The summed E-state index contributed by atoms with van der Waals surface area (Å²) in [7, 11) is 1.60. The molecule has 0 bridgehead atoms. The van der Waals surface area contributed by atoms with Crippen molar-refractivity contribution >= 4 is 17.0 Å². The van der Waals surface area contributed by atoms with Crippen LogP contribution in [0.5, 0.6) is 5.75 Å². The molecule has 0 amide bonds. The van der Waals surface area contributed by atoms with Gasteiger partial charge in [0.2, 0.25) is 0 Å². The molecule has 108 valence electrons. The molecule has 20 heavy (non-hydrogen) atoms. The minimum Gasteiger partial charge on any atom is -0.497 e. The second kappa shape index (κ2) is 6.38. The van der Waals surface area contributed by atoms with E-state index in [4.69, 9.17) is 14.9 Å². The van der Waals surface area contributed by atoms with Gasteiger partial charge in [0.25, 0.3) is 0 Å². The first-order valence-corrected chi connectivity index (χ1v) is 6.51. The smallest absolute Gasteiger partial charge is 0.303 e. The van der Waals surface area contributed by atoms with Crippen molar-refractivity contribution in [3.05, 3.63) is 24.0 Å². The van der Waals surface area contributed by atoms with Crippen LogP contribution in [0.25, 0.3) is 11.0 Å². The maximum Gasteiger partial charge on any atom is 0.303 e. The number of hydrogen-bond donors (Lipinski definition) is 2. The lowest BCUT2D eigenvalue weighted by molar-refractivity contribution is -0.137. The van der Waals surface area contributed by atoms with E-state index in [0.717, 1.165) is 22.6 Å². The number of aliphatic carboxylic acids is 1. The lowest BCUT2D eigenvalue weighted by Gasteiger charge is -2.07. The van der Waals surface area contributed by atoms with Crippen molar-refractivity contribution in [2.24, 2.45) is 0 Å². The highest BCUT2D eigenvalue weighted by molar-refractivity contribution is 5.77. The summed E-state index contributed by atoms with van der Waals surface area (Å²) in [4.78, 5) is 15.1. The van der Waals surface area contributed by atoms with Crippen LogP contribution in [0.3, 0.4) is 0 Å². The van der Waals surface area contributed by atoms with E-state index in [1.165, 1.54) is 0 Å². The Hall–Kier alpha value is -2.08. The van der Waals surface area contributed by atoms with Crippen molar-refractivity contribution in [3.63, 3.8) is 0 Å². The summed E-state index contributed by atoms with van der Waals surface area (Å²) in [6.45, 7) is 0.467. The molecule has 0 saturated heterocycles. The second-order valence-corrected chi connectivity index (χ2v) is 4.51. The van der Waals surface area contributed by atoms with Gasteiger partial charge < -0.3 is 19.5 Å². The molecule has 0 aliphatic heterocycles. The van der Waals surface area contributed by atoms with Gasteiger partial charge in [0.05, 0.1) is 24.8 Å². The Labute approximate surface area is 116 Å². The number of methoxy groups -OCH3 is 1. The number of aromatic nitrogens is 2. The highest BCUT2D eigenvalue weighted by Crippen LogP contribution is 2.22. The average molecular weight is 278 g/mol. The molecular weight excluding hydrogens is 260 g/mol. The molecule has 2 aromatic rings. The van der Waals surface area contributed by atoms with Gasteiger partial charge in [-0.1, -0.05) is 0 Å². The van der Waals surface area contributed by atoms with Crippen LogP contribution in [0.15, 0.2) is 18.2 Å². The van der Waals surface area contributed by atoms with Crippen molar-refractivity contribution in [2.75, 3.05) is 13.7 Å². The fourth-order valence-electron chi connectivity index (χ4n) is 2.22. The Morgan fingerprint density at radius 2 is 2.25 bits per heavy atom. The molecule has 2 rings (SSSR count). The zero-order chi connectivity index (χ0) is 14.5. The van der Waals surface area contributed by atoms with E-state index < -0.39 is 5.97 Å². The van der Waals surface area contributed by atoms with Crippen molar-refractivity contribution in [2.45, 2.75) is 25.8 Å². The maximum atomic E-state index is 10.6. The molecule has 1 heterocycles. The number of benzene rings is 1. The summed E-state index contributed by atoms with van der Waals surface area (Å²) in [5, 5.41) is 17.9. The Kier molecular flexibility index (Phi) is 4.57. The lowest BCUT2D eigenvalue weighted by atomic mass is 10.2. The number of aliphatic hydroxyl groups excluding tert-OH is 1. The van der Waals surface area contributed by atoms with Gasteiger partial charge in [0, 0.05) is 25.5 Å². The van der Waals surface area contributed by atoms with Crippen LogP contribution in [0.2, 0.25) is 0 Å². The predicted octanol–water partition coefficient (Wildman–Crippen LogP) is 1.44. The predicted molar refractivity (Wildman–Crippen MR) is 73.9 cm³/mol. The first-order chi connectivity index (χ1) is 9.65. The number of rotatable bonds is 7. The maximum absolute atomic E-state index is 10.6. The first-order valence-electron chi connectivity index (χ1n) is 6.51. The normalized spacial score (nSPS) is 10.9. The molecule has 0 unspecified atom stereocenters. The van der Waals surface area contributed by atoms with Gasteiger partial charge in [-0.25, -0.2) is 4.98 Å². The number of imidazole rings is 1. The van der Waals surface area contributed by atoms with Gasteiger partial charge in [-0.3, -0.25) is 4.79 Å². The molecule has 0 atom stereocenters. The van der Waals surface area contributed by atoms with Crippen LogP contribution in [-0.2, 0) is 17.8 Å².